The van der Waals surface area contributed by atoms with Gasteiger partial charge in [-0.05, 0) is 39.0 Å². The van der Waals surface area contributed by atoms with Crippen molar-refractivity contribution < 1.29 is 14.3 Å². The molecule has 0 radical (unpaired) electrons. The normalized spacial score (nSPS) is 12.3. The van der Waals surface area contributed by atoms with E-state index < -0.39 is 0 Å². The molecule has 2 aromatic heterocycles. The fourth-order valence-electron chi connectivity index (χ4n) is 2.71. The highest BCUT2D eigenvalue weighted by Gasteiger charge is 2.18. The zero-order valence-corrected chi connectivity index (χ0v) is 15.0. The van der Waals surface area contributed by atoms with E-state index >= 15 is 0 Å². The van der Waals surface area contributed by atoms with Gasteiger partial charge in [0.2, 0.25) is 12.7 Å². The highest BCUT2D eigenvalue weighted by Crippen LogP contribution is 2.32. The average Bonchev–Trinajstić information content (AvgIpc) is 3.24. The first kappa shape index (κ1) is 16.8. The van der Waals surface area contributed by atoms with Crippen LogP contribution in [0.15, 0.2) is 29.1 Å². The largest absolute Gasteiger partial charge is 0.454 e. The average molecular weight is 367 g/mol. The fraction of sp³-hybridized carbons (Fsp3) is 0.222. The number of rotatable bonds is 3. The summed E-state index contributed by atoms with van der Waals surface area (Å²) in [7, 11) is 0. The van der Waals surface area contributed by atoms with Gasteiger partial charge >= 0.3 is 0 Å². The summed E-state index contributed by atoms with van der Waals surface area (Å²) in [6.07, 6.45) is 0. The third-order valence-electron chi connectivity index (χ3n) is 4.29. The van der Waals surface area contributed by atoms with E-state index in [0.29, 0.717) is 39.8 Å². The molecule has 1 aromatic carbocycles. The summed E-state index contributed by atoms with van der Waals surface area (Å²) in [4.78, 5) is 31.7. The van der Waals surface area contributed by atoms with Gasteiger partial charge in [-0.15, -0.1) is 0 Å². The molecule has 1 amide bonds. The Morgan fingerprint density at radius 3 is 2.74 bits per heavy atom. The van der Waals surface area contributed by atoms with Crippen molar-refractivity contribution in [1.82, 2.24) is 19.7 Å². The molecule has 0 spiro atoms. The minimum atomic E-state index is -0.347. The van der Waals surface area contributed by atoms with Gasteiger partial charge in [-0.2, -0.15) is 9.78 Å². The van der Waals surface area contributed by atoms with Crippen LogP contribution in [0, 0.1) is 20.8 Å². The lowest BCUT2D eigenvalue weighted by atomic mass is 10.2. The summed E-state index contributed by atoms with van der Waals surface area (Å²) in [6.45, 7) is 5.36. The number of ether oxygens (including phenoxy) is 2. The molecule has 2 N–H and O–H groups in total. The van der Waals surface area contributed by atoms with E-state index in [1.807, 2.05) is 0 Å². The lowest BCUT2D eigenvalue weighted by Gasteiger charge is -2.09. The summed E-state index contributed by atoms with van der Waals surface area (Å²) in [5.41, 5.74) is 1.95. The maximum absolute atomic E-state index is 12.7. The second kappa shape index (κ2) is 6.27. The van der Waals surface area contributed by atoms with E-state index in [1.54, 1.807) is 45.0 Å². The SMILES string of the molecule is Cc1cc(NC(=O)c2ccc3c(c2)OCO3)n(-c2nc(C)c(C)c(=O)[nH]2)n1. The molecule has 1 aliphatic heterocycles. The Balaban J connectivity index is 1.67. The number of carbonyl (C=O) groups is 1. The van der Waals surface area contributed by atoms with Crippen molar-refractivity contribution in [3.05, 3.63) is 57.1 Å². The third kappa shape index (κ3) is 3.03. The minimum absolute atomic E-state index is 0.137. The Morgan fingerprint density at radius 1 is 1.19 bits per heavy atom. The van der Waals surface area contributed by atoms with Crippen LogP contribution >= 0.6 is 0 Å². The smallest absolute Gasteiger partial charge is 0.256 e. The first-order chi connectivity index (χ1) is 12.9. The number of fused-ring (bicyclic) bond motifs is 1. The summed E-state index contributed by atoms with van der Waals surface area (Å²) in [5.74, 6) is 1.40. The molecule has 0 unspecified atom stereocenters. The van der Waals surface area contributed by atoms with Crippen LogP contribution in [-0.4, -0.2) is 32.4 Å². The Labute approximate surface area is 154 Å². The molecule has 4 rings (SSSR count). The van der Waals surface area contributed by atoms with Gasteiger partial charge in [0, 0.05) is 22.9 Å². The Kier molecular flexibility index (Phi) is 3.91. The number of nitrogens with one attached hydrogen (secondary N) is 2. The summed E-state index contributed by atoms with van der Waals surface area (Å²) in [5, 5.41) is 7.12. The number of anilines is 1. The van der Waals surface area contributed by atoms with Crippen LogP contribution in [0.1, 0.15) is 27.3 Å². The van der Waals surface area contributed by atoms with Crippen LogP contribution in [0.25, 0.3) is 5.95 Å². The summed E-state index contributed by atoms with van der Waals surface area (Å²) >= 11 is 0. The third-order valence-corrected chi connectivity index (χ3v) is 4.29. The first-order valence-electron chi connectivity index (χ1n) is 8.28. The predicted molar refractivity (Wildman–Crippen MR) is 96.7 cm³/mol. The van der Waals surface area contributed by atoms with E-state index in [4.69, 9.17) is 9.47 Å². The first-order valence-corrected chi connectivity index (χ1v) is 8.28. The summed E-state index contributed by atoms with van der Waals surface area (Å²) in [6, 6.07) is 6.64. The molecule has 9 nitrogen and oxygen atoms in total. The molecule has 0 atom stereocenters. The van der Waals surface area contributed by atoms with Crippen LogP contribution in [0.5, 0.6) is 11.5 Å². The monoisotopic (exact) mass is 367 g/mol. The number of hydrogen-bond acceptors (Lipinski definition) is 6. The van der Waals surface area contributed by atoms with Crippen molar-refractivity contribution in [2.24, 2.45) is 0 Å². The van der Waals surface area contributed by atoms with Crippen molar-refractivity contribution in [3.63, 3.8) is 0 Å². The second-order valence-corrected chi connectivity index (χ2v) is 6.20. The van der Waals surface area contributed by atoms with Crippen LogP contribution in [0.2, 0.25) is 0 Å². The maximum Gasteiger partial charge on any atom is 0.256 e. The quantitative estimate of drug-likeness (QED) is 0.731. The molecule has 9 heteroatoms. The Hall–Kier alpha value is -3.62. The molecule has 1 aliphatic rings. The molecule has 0 saturated heterocycles. The predicted octanol–water partition coefficient (Wildman–Crippen LogP) is 1.86. The van der Waals surface area contributed by atoms with Crippen molar-refractivity contribution in [3.8, 4) is 17.4 Å². The number of aryl methyl sites for hydroxylation is 2. The molecular formula is C18H17N5O4. The zero-order chi connectivity index (χ0) is 19.1. The van der Waals surface area contributed by atoms with Crippen molar-refractivity contribution in [2.75, 3.05) is 12.1 Å². The van der Waals surface area contributed by atoms with Crippen LogP contribution in [0.4, 0.5) is 5.82 Å². The van der Waals surface area contributed by atoms with Gasteiger partial charge in [0.05, 0.1) is 5.69 Å². The van der Waals surface area contributed by atoms with Gasteiger partial charge in [0.15, 0.2) is 11.5 Å². The van der Waals surface area contributed by atoms with Crippen molar-refractivity contribution in [2.45, 2.75) is 20.8 Å². The van der Waals surface area contributed by atoms with Crippen molar-refractivity contribution in [1.29, 1.82) is 0 Å². The van der Waals surface area contributed by atoms with Crippen LogP contribution in [-0.2, 0) is 0 Å². The van der Waals surface area contributed by atoms with Gasteiger partial charge in [0.1, 0.15) is 5.82 Å². The van der Waals surface area contributed by atoms with Gasteiger partial charge in [0.25, 0.3) is 11.5 Å². The number of nitrogens with zero attached hydrogens (tertiary/aromatic N) is 3. The minimum Gasteiger partial charge on any atom is -0.454 e. The van der Waals surface area contributed by atoms with E-state index in [-0.39, 0.29) is 24.2 Å². The standard InChI is InChI=1S/C18H17N5O4/c1-9-6-15(23(22-9)18-19-11(3)10(2)16(24)21-18)20-17(25)12-4-5-13-14(7-12)27-8-26-13/h4-7H,8H2,1-3H3,(H,20,25)(H,19,21,24). The molecule has 0 bridgehead atoms. The number of aromatic amines is 1. The van der Waals surface area contributed by atoms with E-state index in [2.05, 4.69) is 20.4 Å². The maximum atomic E-state index is 12.7. The number of carbonyl (C=O) groups excluding carboxylic acids is 1. The molecule has 0 aliphatic carbocycles. The summed E-state index contributed by atoms with van der Waals surface area (Å²) < 4.78 is 12.0. The van der Waals surface area contributed by atoms with E-state index in [9.17, 15) is 9.59 Å². The van der Waals surface area contributed by atoms with Crippen LogP contribution < -0.4 is 20.3 Å². The van der Waals surface area contributed by atoms with Crippen molar-refractivity contribution >= 4 is 11.7 Å². The second-order valence-electron chi connectivity index (χ2n) is 6.20. The Bertz CT molecular complexity index is 1120. The van der Waals surface area contributed by atoms with Gasteiger partial charge in [-0.1, -0.05) is 0 Å². The molecule has 0 saturated carbocycles. The molecule has 0 fully saturated rings. The molecule has 3 heterocycles. The lowest BCUT2D eigenvalue weighted by Crippen LogP contribution is -2.20. The van der Waals surface area contributed by atoms with E-state index in [0.717, 1.165) is 0 Å². The highest BCUT2D eigenvalue weighted by atomic mass is 16.7. The number of benzene rings is 1. The number of H-pyrrole nitrogens is 1. The topological polar surface area (TPSA) is 111 Å². The molecular weight excluding hydrogens is 350 g/mol. The van der Waals surface area contributed by atoms with E-state index in [1.165, 1.54) is 4.68 Å². The lowest BCUT2D eigenvalue weighted by molar-refractivity contribution is 0.102. The van der Waals surface area contributed by atoms with Gasteiger partial charge in [-0.3, -0.25) is 14.6 Å². The Morgan fingerprint density at radius 2 is 1.96 bits per heavy atom. The molecule has 27 heavy (non-hydrogen) atoms. The number of hydrogen-bond donors (Lipinski definition) is 2. The molecule has 138 valence electrons. The van der Waals surface area contributed by atoms with Crippen LogP contribution in [0.3, 0.4) is 0 Å². The van der Waals surface area contributed by atoms with Gasteiger partial charge in [-0.25, -0.2) is 4.98 Å². The highest BCUT2D eigenvalue weighted by molar-refractivity contribution is 6.04. The van der Waals surface area contributed by atoms with Gasteiger partial charge < -0.3 is 14.8 Å². The fourth-order valence-corrected chi connectivity index (χ4v) is 2.71. The number of amides is 1. The number of aromatic nitrogens is 4. The molecule has 3 aromatic rings. The zero-order valence-electron chi connectivity index (χ0n) is 15.0.